The number of carbonyl (C=O) groups excluding carboxylic acids is 2. The summed E-state index contributed by atoms with van der Waals surface area (Å²) >= 11 is 0. The molecule has 0 spiro atoms. The van der Waals surface area contributed by atoms with Gasteiger partial charge in [0.15, 0.2) is 6.17 Å². The van der Waals surface area contributed by atoms with Crippen LogP contribution in [-0.4, -0.2) is 74.3 Å². The van der Waals surface area contributed by atoms with Crippen LogP contribution in [0.3, 0.4) is 0 Å². The SMILES string of the molecule is CN.N=C(/C(=C\NCC1CC1)C(N)=O)N1CCOCC1.N[C@@H]1N=C(c2ccccc2)c2ccccc2NC1=O.[HH]. The zero-order chi connectivity index (χ0) is 28.2. The van der Waals surface area contributed by atoms with Gasteiger partial charge in [0.25, 0.3) is 11.8 Å². The predicted molar refractivity (Wildman–Crippen MR) is 155 cm³/mol. The Kier molecular flexibility index (Phi) is 11.2. The fourth-order valence-electron chi connectivity index (χ4n) is 3.96. The number of carbonyl (C=O) groups is 2. The molecule has 9 N–H and O–H groups in total. The number of primary amides is 1. The van der Waals surface area contributed by atoms with Crippen LogP contribution in [-0.2, 0) is 14.3 Å². The molecule has 1 aliphatic carbocycles. The van der Waals surface area contributed by atoms with Crippen molar-refractivity contribution in [1.29, 1.82) is 5.41 Å². The van der Waals surface area contributed by atoms with E-state index in [1.807, 2.05) is 59.5 Å². The molecular weight excluding hydrogens is 496 g/mol. The lowest BCUT2D eigenvalue weighted by atomic mass is 10.0. The Morgan fingerprint density at radius 1 is 1.15 bits per heavy atom. The first-order valence-corrected chi connectivity index (χ1v) is 13.0. The van der Waals surface area contributed by atoms with Gasteiger partial charge in [0.05, 0.1) is 30.2 Å². The van der Waals surface area contributed by atoms with Gasteiger partial charge in [0.1, 0.15) is 5.84 Å². The van der Waals surface area contributed by atoms with Crippen LogP contribution in [0.1, 0.15) is 25.4 Å². The Balaban J connectivity index is 0.000000258. The number of nitrogens with one attached hydrogen (secondary N) is 3. The van der Waals surface area contributed by atoms with E-state index >= 15 is 0 Å². The second-order valence-corrected chi connectivity index (χ2v) is 9.05. The molecule has 0 aromatic heterocycles. The maximum absolute atomic E-state index is 11.8. The van der Waals surface area contributed by atoms with E-state index in [1.165, 1.54) is 19.9 Å². The minimum atomic E-state index is -0.886. The minimum absolute atomic E-state index is 0. The number of amidine groups is 1. The summed E-state index contributed by atoms with van der Waals surface area (Å²) in [5, 5.41) is 13.9. The smallest absolute Gasteiger partial charge is 0.263 e. The molecule has 1 atom stereocenters. The van der Waals surface area contributed by atoms with Gasteiger partial charge in [0, 0.05) is 38.4 Å². The maximum Gasteiger partial charge on any atom is 0.263 e. The van der Waals surface area contributed by atoms with E-state index in [4.69, 9.17) is 21.6 Å². The monoisotopic (exact) mass is 536 g/mol. The van der Waals surface area contributed by atoms with E-state index in [-0.39, 0.29) is 18.7 Å². The molecule has 2 fully saturated rings. The Morgan fingerprint density at radius 3 is 2.44 bits per heavy atom. The van der Waals surface area contributed by atoms with Gasteiger partial charge in [-0.25, -0.2) is 0 Å². The van der Waals surface area contributed by atoms with Crippen LogP contribution in [0.25, 0.3) is 0 Å². The number of nitrogens with two attached hydrogens (primary N) is 3. The van der Waals surface area contributed by atoms with Crippen molar-refractivity contribution in [3.05, 3.63) is 77.5 Å². The third-order valence-electron chi connectivity index (χ3n) is 6.22. The van der Waals surface area contributed by atoms with Crippen LogP contribution >= 0.6 is 0 Å². The highest BCUT2D eigenvalue weighted by molar-refractivity contribution is 6.20. The van der Waals surface area contributed by atoms with Crippen molar-refractivity contribution < 1.29 is 15.8 Å². The van der Waals surface area contributed by atoms with Gasteiger partial charge in [-0.05, 0) is 31.9 Å². The number of aliphatic imine (C=N–C) groups is 1. The molecule has 1 saturated carbocycles. The van der Waals surface area contributed by atoms with Gasteiger partial charge < -0.3 is 37.5 Å². The molecule has 1 saturated heterocycles. The number of para-hydroxylation sites is 1. The number of hydrogen-bond acceptors (Lipinski definition) is 8. The summed E-state index contributed by atoms with van der Waals surface area (Å²) in [7, 11) is 1.50. The Bertz CT molecular complexity index is 1200. The van der Waals surface area contributed by atoms with Crippen LogP contribution in [0, 0.1) is 11.3 Å². The largest absolute Gasteiger partial charge is 0.390 e. The molecular formula is C28H40N8O3. The first-order valence-electron chi connectivity index (χ1n) is 13.0. The minimum Gasteiger partial charge on any atom is -0.390 e. The molecule has 2 heterocycles. The number of ether oxygens (including phenoxy) is 1. The number of fused-ring (bicyclic) bond motifs is 1. The summed E-state index contributed by atoms with van der Waals surface area (Å²) in [6.45, 7) is 3.29. The van der Waals surface area contributed by atoms with Crippen molar-refractivity contribution in [2.45, 2.75) is 19.0 Å². The number of benzodiazepines with no additional fused rings is 1. The summed E-state index contributed by atoms with van der Waals surface area (Å²) in [5.74, 6) is 0.0511. The molecule has 210 valence electrons. The number of morpholine rings is 1. The lowest BCUT2D eigenvalue weighted by Crippen LogP contribution is -2.43. The average Bonchev–Trinajstić information content (AvgIpc) is 3.81. The highest BCUT2D eigenvalue weighted by Crippen LogP contribution is 2.27. The fourth-order valence-corrected chi connectivity index (χ4v) is 3.96. The standard InChI is InChI=1S/C15H13N3O.C12H20N4O2.CH5N.H2/c16-14-15(19)17-12-9-5-4-8-11(12)13(18-14)10-6-2-1-3-7-10;13-11(16-3-5-18-6-4-16)10(12(14)17)8-15-7-9-1-2-9;1-2;/h1-9,14H,16H2,(H,17,19);8-9,13,15H,1-7H2,(H2,14,17);2H2,1H3;1H/b;10-8+,13-11?;;/t14-;;;/m1.../s1. The summed E-state index contributed by atoms with van der Waals surface area (Å²) in [6.07, 6.45) is 3.18. The quantitative estimate of drug-likeness (QED) is 0.182. The topological polar surface area (TPSA) is 185 Å². The van der Waals surface area contributed by atoms with Crippen molar-refractivity contribution in [3.8, 4) is 0 Å². The fraction of sp³-hybridized carbons (Fsp3) is 0.357. The zero-order valence-electron chi connectivity index (χ0n) is 22.2. The Labute approximate surface area is 230 Å². The summed E-state index contributed by atoms with van der Waals surface area (Å²) in [6, 6.07) is 17.3. The number of nitrogens with zero attached hydrogens (tertiary/aromatic N) is 2. The molecule has 2 aromatic carbocycles. The molecule has 0 unspecified atom stereocenters. The van der Waals surface area contributed by atoms with Gasteiger partial charge in [-0.3, -0.25) is 20.0 Å². The lowest BCUT2D eigenvalue weighted by molar-refractivity contribution is -0.117. The molecule has 0 bridgehead atoms. The van der Waals surface area contributed by atoms with Crippen molar-refractivity contribution in [1.82, 2.24) is 10.2 Å². The number of benzene rings is 2. The molecule has 2 aliphatic heterocycles. The van der Waals surface area contributed by atoms with Gasteiger partial charge in [-0.1, -0.05) is 48.5 Å². The number of anilines is 1. The van der Waals surface area contributed by atoms with Crippen molar-refractivity contribution in [2.75, 3.05) is 45.2 Å². The molecule has 2 amide bonds. The molecule has 2 aromatic rings. The van der Waals surface area contributed by atoms with Gasteiger partial charge >= 0.3 is 0 Å². The van der Waals surface area contributed by atoms with E-state index in [0.29, 0.717) is 32.2 Å². The van der Waals surface area contributed by atoms with Crippen molar-refractivity contribution in [3.63, 3.8) is 0 Å². The average molecular weight is 537 g/mol. The lowest BCUT2D eigenvalue weighted by Gasteiger charge is -2.29. The summed E-state index contributed by atoms with van der Waals surface area (Å²) in [5.41, 5.74) is 19.2. The van der Waals surface area contributed by atoms with Crippen LogP contribution in [0.4, 0.5) is 5.69 Å². The van der Waals surface area contributed by atoms with E-state index in [2.05, 4.69) is 21.4 Å². The van der Waals surface area contributed by atoms with Gasteiger partial charge in [-0.15, -0.1) is 0 Å². The summed E-state index contributed by atoms with van der Waals surface area (Å²) < 4.78 is 5.22. The van der Waals surface area contributed by atoms with Crippen LogP contribution in [0.15, 0.2) is 71.4 Å². The van der Waals surface area contributed by atoms with Crippen molar-refractivity contribution >= 4 is 29.0 Å². The van der Waals surface area contributed by atoms with Crippen molar-refractivity contribution in [2.24, 2.45) is 28.1 Å². The third-order valence-corrected chi connectivity index (χ3v) is 6.22. The molecule has 0 radical (unpaired) electrons. The number of amides is 2. The van der Waals surface area contributed by atoms with E-state index < -0.39 is 12.1 Å². The first kappa shape index (κ1) is 29.5. The zero-order valence-corrected chi connectivity index (χ0v) is 22.2. The second kappa shape index (κ2) is 14.8. The molecule has 11 heteroatoms. The summed E-state index contributed by atoms with van der Waals surface area (Å²) in [4.78, 5) is 29.4. The molecule has 5 rings (SSSR count). The maximum atomic E-state index is 11.8. The van der Waals surface area contributed by atoms with Gasteiger partial charge in [-0.2, -0.15) is 0 Å². The number of rotatable bonds is 6. The first-order chi connectivity index (χ1) is 18.9. The third kappa shape index (κ3) is 8.47. The van der Waals surface area contributed by atoms with Crippen LogP contribution in [0.2, 0.25) is 0 Å². The molecule has 39 heavy (non-hydrogen) atoms. The van der Waals surface area contributed by atoms with E-state index in [1.54, 1.807) is 6.20 Å². The molecule has 3 aliphatic rings. The Morgan fingerprint density at radius 2 is 1.79 bits per heavy atom. The highest BCUT2D eigenvalue weighted by atomic mass is 16.5. The predicted octanol–water partition coefficient (Wildman–Crippen LogP) is 1.25. The molecule has 11 nitrogen and oxygen atoms in total. The second-order valence-electron chi connectivity index (χ2n) is 9.05. The Hall–Kier alpha value is -4.06. The van der Waals surface area contributed by atoms with Crippen LogP contribution < -0.4 is 27.8 Å². The van der Waals surface area contributed by atoms with Crippen LogP contribution in [0.5, 0.6) is 0 Å². The van der Waals surface area contributed by atoms with E-state index in [0.717, 1.165) is 29.1 Å². The highest BCUT2D eigenvalue weighted by Gasteiger charge is 2.23. The van der Waals surface area contributed by atoms with Gasteiger partial charge in [0.2, 0.25) is 0 Å². The number of hydrogen-bond donors (Lipinski definition) is 6. The van der Waals surface area contributed by atoms with E-state index in [9.17, 15) is 9.59 Å². The normalized spacial score (nSPS) is 18.5.